The summed E-state index contributed by atoms with van der Waals surface area (Å²) in [6, 6.07) is 14.8. The van der Waals surface area contributed by atoms with Crippen LogP contribution in [0.5, 0.6) is 5.75 Å². The quantitative estimate of drug-likeness (QED) is 0.495. The molecule has 0 spiro atoms. The van der Waals surface area contributed by atoms with Crippen molar-refractivity contribution in [1.82, 2.24) is 9.97 Å². The Labute approximate surface area is 173 Å². The fourth-order valence-corrected chi connectivity index (χ4v) is 2.89. The number of anilines is 4. The first-order valence-electron chi connectivity index (χ1n) is 8.49. The summed E-state index contributed by atoms with van der Waals surface area (Å²) in [5.74, 6) is 3.52. The number of aromatic nitrogens is 2. The Morgan fingerprint density at radius 3 is 2.30 bits per heavy atom. The lowest BCUT2D eigenvalue weighted by Crippen LogP contribution is -2.11. The average Bonchev–Trinajstić information content (AvgIpc) is 2.73. The van der Waals surface area contributed by atoms with Crippen LogP contribution in [0.15, 0.2) is 59.6 Å². The van der Waals surface area contributed by atoms with Gasteiger partial charge in [-0.15, -0.1) is 6.42 Å². The van der Waals surface area contributed by atoms with E-state index in [9.17, 15) is 13.7 Å². The van der Waals surface area contributed by atoms with Gasteiger partial charge in [-0.3, -0.25) is 0 Å². The lowest BCUT2D eigenvalue weighted by molar-refractivity contribution is 0.370. The van der Waals surface area contributed by atoms with Crippen molar-refractivity contribution in [2.45, 2.75) is 4.90 Å². The van der Waals surface area contributed by atoms with E-state index in [2.05, 4.69) is 26.5 Å². The van der Waals surface area contributed by atoms with E-state index in [0.717, 1.165) is 0 Å². The molecule has 0 amide bonds. The van der Waals surface area contributed by atoms with Crippen LogP contribution in [0.3, 0.4) is 0 Å². The van der Waals surface area contributed by atoms with Crippen LogP contribution < -0.4 is 20.5 Å². The molecule has 1 aromatic heterocycles. The summed E-state index contributed by atoms with van der Waals surface area (Å²) in [4.78, 5) is 8.41. The number of nitrogens with one attached hydrogen (secondary N) is 2. The molecule has 150 valence electrons. The van der Waals surface area contributed by atoms with Gasteiger partial charge < -0.3 is 15.4 Å². The topological polar surface area (TPSA) is 143 Å². The predicted molar refractivity (Wildman–Crippen MR) is 112 cm³/mol. The number of terminal acetylenes is 1. The molecule has 0 fully saturated rings. The van der Waals surface area contributed by atoms with Gasteiger partial charge in [0, 0.05) is 11.4 Å². The zero-order valence-electron chi connectivity index (χ0n) is 15.5. The van der Waals surface area contributed by atoms with Crippen LogP contribution in [-0.4, -0.2) is 25.0 Å². The Morgan fingerprint density at radius 2 is 1.70 bits per heavy atom. The van der Waals surface area contributed by atoms with Gasteiger partial charge in [0.25, 0.3) is 0 Å². The second-order valence-corrected chi connectivity index (χ2v) is 7.47. The minimum absolute atomic E-state index is 0.00850. The maximum atomic E-state index is 11.3. The summed E-state index contributed by atoms with van der Waals surface area (Å²) in [6.07, 6.45) is 6.54. The van der Waals surface area contributed by atoms with Crippen molar-refractivity contribution in [3.8, 4) is 24.2 Å². The molecule has 30 heavy (non-hydrogen) atoms. The molecule has 3 rings (SSSR count). The second kappa shape index (κ2) is 8.92. The summed E-state index contributed by atoms with van der Waals surface area (Å²) in [5, 5.41) is 20.4. The van der Waals surface area contributed by atoms with Crippen molar-refractivity contribution in [2.24, 2.45) is 5.14 Å². The highest BCUT2D eigenvalue weighted by atomic mass is 32.2. The van der Waals surface area contributed by atoms with Gasteiger partial charge in [-0.25, -0.2) is 18.5 Å². The maximum Gasteiger partial charge on any atom is 0.238 e. The number of benzene rings is 2. The fourth-order valence-electron chi connectivity index (χ4n) is 2.37. The van der Waals surface area contributed by atoms with Gasteiger partial charge in [-0.05, 0) is 48.5 Å². The molecule has 1 heterocycles. The zero-order valence-corrected chi connectivity index (χ0v) is 16.3. The maximum absolute atomic E-state index is 11.3. The van der Waals surface area contributed by atoms with Crippen LogP contribution in [0, 0.1) is 23.7 Å². The van der Waals surface area contributed by atoms with Gasteiger partial charge in [0.2, 0.25) is 16.0 Å². The third-order valence-electron chi connectivity index (χ3n) is 3.79. The van der Waals surface area contributed by atoms with Crippen molar-refractivity contribution >= 4 is 33.2 Å². The Bertz CT molecular complexity index is 1230. The summed E-state index contributed by atoms with van der Waals surface area (Å²) in [5.41, 5.74) is 1.48. The van der Waals surface area contributed by atoms with Crippen LogP contribution in [0.2, 0.25) is 0 Å². The van der Waals surface area contributed by atoms with Crippen LogP contribution in [0.4, 0.5) is 23.1 Å². The molecule has 0 atom stereocenters. The minimum atomic E-state index is -3.77. The van der Waals surface area contributed by atoms with E-state index in [1.54, 1.807) is 24.3 Å². The Kier molecular flexibility index (Phi) is 6.13. The molecule has 0 saturated carbocycles. The molecular weight excluding hydrogens is 404 g/mol. The molecule has 4 N–H and O–H groups in total. The zero-order chi connectivity index (χ0) is 21.6. The first-order valence-corrected chi connectivity index (χ1v) is 10.0. The van der Waals surface area contributed by atoms with Gasteiger partial charge in [-0.1, -0.05) is 5.92 Å². The molecule has 0 aliphatic carbocycles. The largest absolute Gasteiger partial charge is 0.481 e. The van der Waals surface area contributed by atoms with E-state index in [-0.39, 0.29) is 23.0 Å². The smallest absolute Gasteiger partial charge is 0.238 e. The summed E-state index contributed by atoms with van der Waals surface area (Å²) in [6.45, 7) is 0.171. The van der Waals surface area contributed by atoms with Crippen molar-refractivity contribution in [1.29, 1.82) is 5.26 Å². The van der Waals surface area contributed by atoms with Gasteiger partial charge >= 0.3 is 0 Å². The van der Waals surface area contributed by atoms with Crippen molar-refractivity contribution in [3.05, 3.63) is 60.3 Å². The first kappa shape index (κ1) is 20.6. The Morgan fingerprint density at radius 1 is 1.07 bits per heavy atom. The molecule has 0 saturated heterocycles. The molecule has 10 heteroatoms. The third kappa shape index (κ3) is 5.23. The molecule has 2 aromatic carbocycles. The highest BCUT2D eigenvalue weighted by Gasteiger charge is 2.10. The summed E-state index contributed by atoms with van der Waals surface area (Å²) < 4.78 is 28.0. The Hall–Kier alpha value is -4.12. The number of nitrogens with zero attached hydrogens (tertiary/aromatic N) is 3. The molecule has 9 nitrogen and oxygen atoms in total. The number of hydrogen-bond donors (Lipinski definition) is 3. The van der Waals surface area contributed by atoms with Gasteiger partial charge in [0.1, 0.15) is 24.0 Å². The lowest BCUT2D eigenvalue weighted by atomic mass is 10.2. The molecule has 0 aliphatic rings. The third-order valence-corrected chi connectivity index (χ3v) is 4.72. The van der Waals surface area contributed by atoms with Crippen LogP contribution in [0.1, 0.15) is 5.56 Å². The lowest BCUT2D eigenvalue weighted by Gasteiger charge is -2.11. The standard InChI is InChI=1S/C20H16N6O3S/c1-2-11-29-17-7-3-15(4-8-17)24-19-14(12-21)13-23-20(26-19)25-16-5-9-18(10-6-16)30(22,27)28/h1,3-10,13H,11H2,(H2,22,27,28)(H2,23,24,25,26). The monoisotopic (exact) mass is 420 g/mol. The number of nitriles is 1. The fraction of sp³-hybridized carbons (Fsp3) is 0.0500. The molecule has 0 bridgehead atoms. The van der Waals surface area contributed by atoms with Crippen molar-refractivity contribution in [2.75, 3.05) is 17.2 Å². The van der Waals surface area contributed by atoms with E-state index >= 15 is 0 Å². The highest BCUT2D eigenvalue weighted by molar-refractivity contribution is 7.89. The molecular formula is C20H16N6O3S. The summed E-state index contributed by atoms with van der Waals surface area (Å²) in [7, 11) is -3.77. The molecule has 0 unspecified atom stereocenters. The number of rotatable bonds is 7. The van der Waals surface area contributed by atoms with E-state index in [4.69, 9.17) is 16.3 Å². The van der Waals surface area contributed by atoms with E-state index in [1.165, 1.54) is 30.5 Å². The van der Waals surface area contributed by atoms with E-state index in [0.29, 0.717) is 22.9 Å². The number of nitrogens with two attached hydrogens (primary N) is 1. The number of sulfonamides is 1. The van der Waals surface area contributed by atoms with Gasteiger partial charge in [-0.2, -0.15) is 10.2 Å². The second-order valence-electron chi connectivity index (χ2n) is 5.90. The first-order chi connectivity index (χ1) is 14.4. The normalized spacial score (nSPS) is 10.5. The predicted octanol–water partition coefficient (Wildman–Crippen LogP) is 2.49. The van der Waals surface area contributed by atoms with Crippen molar-refractivity contribution < 1.29 is 13.2 Å². The van der Waals surface area contributed by atoms with Crippen LogP contribution >= 0.6 is 0 Å². The molecule has 0 aliphatic heterocycles. The Balaban J connectivity index is 1.78. The minimum Gasteiger partial charge on any atom is -0.481 e. The van der Waals surface area contributed by atoms with Crippen LogP contribution in [0.25, 0.3) is 0 Å². The SMILES string of the molecule is C#CCOc1ccc(Nc2nc(Nc3ccc(S(N)(=O)=O)cc3)ncc2C#N)cc1. The molecule has 3 aromatic rings. The van der Waals surface area contributed by atoms with Crippen molar-refractivity contribution in [3.63, 3.8) is 0 Å². The van der Waals surface area contributed by atoms with E-state index in [1.807, 2.05) is 6.07 Å². The van der Waals surface area contributed by atoms with Crippen LogP contribution in [-0.2, 0) is 10.0 Å². The van der Waals surface area contributed by atoms with E-state index < -0.39 is 10.0 Å². The molecule has 0 radical (unpaired) electrons. The summed E-state index contributed by atoms with van der Waals surface area (Å²) >= 11 is 0. The number of primary sulfonamides is 1. The van der Waals surface area contributed by atoms with Gasteiger partial charge in [0.05, 0.1) is 11.1 Å². The number of hydrogen-bond acceptors (Lipinski definition) is 8. The average molecular weight is 420 g/mol. The number of ether oxygens (including phenoxy) is 1. The highest BCUT2D eigenvalue weighted by Crippen LogP contribution is 2.23. The van der Waals surface area contributed by atoms with Gasteiger partial charge in [0.15, 0.2) is 5.82 Å².